The molecule has 4 aromatic rings. The Bertz CT molecular complexity index is 1020. The molecule has 0 spiro atoms. The van der Waals surface area contributed by atoms with Gasteiger partial charge >= 0.3 is 0 Å². The Morgan fingerprint density at radius 2 is 2.08 bits per heavy atom. The van der Waals surface area contributed by atoms with Crippen molar-refractivity contribution in [2.45, 2.75) is 19.9 Å². The van der Waals surface area contributed by atoms with Crippen LogP contribution in [0.3, 0.4) is 0 Å². The summed E-state index contributed by atoms with van der Waals surface area (Å²) in [5.74, 6) is 1.37. The van der Waals surface area contributed by atoms with Crippen molar-refractivity contribution in [1.29, 1.82) is 0 Å². The van der Waals surface area contributed by atoms with E-state index in [0.29, 0.717) is 5.82 Å². The van der Waals surface area contributed by atoms with Crippen molar-refractivity contribution in [2.24, 2.45) is 7.05 Å². The van der Waals surface area contributed by atoms with Gasteiger partial charge in [0, 0.05) is 36.1 Å². The molecule has 7 nitrogen and oxygen atoms in total. The zero-order valence-electron chi connectivity index (χ0n) is 14.1. The summed E-state index contributed by atoms with van der Waals surface area (Å²) in [7, 11) is 1.87. The number of aromatic nitrogens is 6. The van der Waals surface area contributed by atoms with Gasteiger partial charge < -0.3 is 5.32 Å². The Morgan fingerprint density at radius 1 is 1.20 bits per heavy atom. The predicted molar refractivity (Wildman–Crippen MR) is 98.4 cm³/mol. The van der Waals surface area contributed by atoms with Crippen LogP contribution in [-0.2, 0) is 7.05 Å². The second-order valence-electron chi connectivity index (χ2n) is 5.84. The molecule has 1 N–H and O–H groups in total. The minimum absolute atomic E-state index is 0.0405. The Kier molecular flexibility index (Phi) is 3.89. The number of rotatable bonds is 4. The van der Waals surface area contributed by atoms with Crippen LogP contribution in [0.5, 0.6) is 0 Å². The molecule has 126 valence electrons. The van der Waals surface area contributed by atoms with Gasteiger partial charge in [0.2, 0.25) is 0 Å². The van der Waals surface area contributed by atoms with Crippen molar-refractivity contribution in [3.8, 4) is 11.4 Å². The van der Waals surface area contributed by atoms with Gasteiger partial charge in [-0.15, -0.1) is 11.3 Å². The maximum Gasteiger partial charge on any atom is 0.165 e. The molecular formula is C17H17N7S. The topological polar surface area (TPSA) is 81.4 Å². The zero-order valence-corrected chi connectivity index (χ0v) is 14.9. The molecule has 0 aliphatic rings. The lowest BCUT2D eigenvalue weighted by atomic mass is 10.2. The molecule has 0 amide bonds. The van der Waals surface area contributed by atoms with Crippen molar-refractivity contribution in [2.75, 3.05) is 5.32 Å². The van der Waals surface area contributed by atoms with E-state index in [2.05, 4.69) is 32.3 Å². The number of thiazole rings is 1. The summed E-state index contributed by atoms with van der Waals surface area (Å²) < 4.78 is 1.75. The van der Waals surface area contributed by atoms with Gasteiger partial charge in [0.15, 0.2) is 11.5 Å². The van der Waals surface area contributed by atoms with Crippen LogP contribution in [0, 0.1) is 6.92 Å². The lowest BCUT2D eigenvalue weighted by molar-refractivity contribution is 0.785. The van der Waals surface area contributed by atoms with E-state index in [1.807, 2.05) is 31.5 Å². The Labute approximate surface area is 148 Å². The van der Waals surface area contributed by atoms with Gasteiger partial charge in [0.1, 0.15) is 10.8 Å². The number of nitrogens with zero attached hydrogens (tertiary/aromatic N) is 6. The van der Waals surface area contributed by atoms with Gasteiger partial charge in [-0.2, -0.15) is 5.10 Å². The van der Waals surface area contributed by atoms with E-state index in [1.54, 1.807) is 34.6 Å². The molecule has 0 aliphatic carbocycles. The SMILES string of the molecule is Cc1csc([C@@H](C)Nc2nc(-c3cccnc3)nc3c2cnn3C)n1. The van der Waals surface area contributed by atoms with E-state index in [1.165, 1.54) is 0 Å². The maximum absolute atomic E-state index is 4.72. The quantitative estimate of drug-likeness (QED) is 0.607. The highest BCUT2D eigenvalue weighted by Crippen LogP contribution is 2.28. The first-order chi connectivity index (χ1) is 12.1. The lowest BCUT2D eigenvalue weighted by Gasteiger charge is -2.13. The Balaban J connectivity index is 1.79. The van der Waals surface area contributed by atoms with Crippen LogP contribution in [0.25, 0.3) is 22.4 Å². The molecule has 4 heterocycles. The van der Waals surface area contributed by atoms with E-state index in [4.69, 9.17) is 4.98 Å². The molecule has 0 aromatic carbocycles. The maximum atomic E-state index is 4.72. The van der Waals surface area contributed by atoms with E-state index < -0.39 is 0 Å². The van der Waals surface area contributed by atoms with Gasteiger partial charge in [-0.25, -0.2) is 15.0 Å². The first-order valence-electron chi connectivity index (χ1n) is 7.90. The second-order valence-corrected chi connectivity index (χ2v) is 6.73. The molecule has 0 aliphatic heterocycles. The smallest absolute Gasteiger partial charge is 0.165 e. The van der Waals surface area contributed by atoms with Gasteiger partial charge in [-0.3, -0.25) is 9.67 Å². The average Bonchev–Trinajstić information content (AvgIpc) is 3.22. The first-order valence-corrected chi connectivity index (χ1v) is 8.78. The number of aryl methyl sites for hydroxylation is 2. The number of hydrogen-bond donors (Lipinski definition) is 1. The summed E-state index contributed by atoms with van der Waals surface area (Å²) >= 11 is 1.64. The summed E-state index contributed by atoms with van der Waals surface area (Å²) in [6, 6.07) is 3.86. The van der Waals surface area contributed by atoms with Gasteiger partial charge in [0.25, 0.3) is 0 Å². The number of fused-ring (bicyclic) bond motifs is 1. The second kappa shape index (κ2) is 6.21. The molecular weight excluding hydrogens is 334 g/mol. The monoisotopic (exact) mass is 351 g/mol. The zero-order chi connectivity index (χ0) is 17.4. The molecule has 0 fully saturated rings. The van der Waals surface area contributed by atoms with Crippen LogP contribution in [0.1, 0.15) is 23.7 Å². The van der Waals surface area contributed by atoms with Gasteiger partial charge in [0.05, 0.1) is 17.6 Å². The fourth-order valence-electron chi connectivity index (χ4n) is 2.59. The third-order valence-corrected chi connectivity index (χ3v) is 5.02. The molecule has 0 saturated carbocycles. The first kappa shape index (κ1) is 15.6. The molecule has 8 heteroatoms. The van der Waals surface area contributed by atoms with Crippen molar-refractivity contribution < 1.29 is 0 Å². The van der Waals surface area contributed by atoms with Crippen molar-refractivity contribution in [3.63, 3.8) is 0 Å². The molecule has 4 aromatic heterocycles. The minimum atomic E-state index is 0.0405. The normalized spacial score (nSPS) is 12.4. The summed E-state index contributed by atoms with van der Waals surface area (Å²) in [5, 5.41) is 11.7. The standard InChI is InChI=1S/C17H17N7S/c1-10-9-25-17(20-10)11(2)21-15-13-8-19-24(3)16(13)23-14(22-15)12-5-4-6-18-7-12/h4-9,11H,1-3H3,(H,21,22,23)/t11-/m1/s1. The number of anilines is 1. The summed E-state index contributed by atoms with van der Waals surface area (Å²) in [4.78, 5) is 18.1. The average molecular weight is 351 g/mol. The Hall–Kier alpha value is -2.87. The summed E-state index contributed by atoms with van der Waals surface area (Å²) in [6.45, 7) is 4.07. The lowest BCUT2D eigenvalue weighted by Crippen LogP contribution is -2.09. The van der Waals surface area contributed by atoms with Crippen LogP contribution in [0.2, 0.25) is 0 Å². The number of pyridine rings is 1. The summed E-state index contributed by atoms with van der Waals surface area (Å²) in [5.41, 5.74) is 2.67. The molecule has 0 radical (unpaired) electrons. The van der Waals surface area contributed by atoms with Crippen LogP contribution < -0.4 is 5.32 Å². The summed E-state index contributed by atoms with van der Waals surface area (Å²) in [6.07, 6.45) is 5.28. The molecule has 0 bridgehead atoms. The number of hydrogen-bond acceptors (Lipinski definition) is 7. The molecule has 4 rings (SSSR count). The third kappa shape index (κ3) is 2.96. The van der Waals surface area contributed by atoms with Crippen molar-refractivity contribution in [1.82, 2.24) is 29.7 Å². The molecule has 1 atom stereocenters. The number of nitrogens with one attached hydrogen (secondary N) is 1. The van der Waals surface area contributed by atoms with Gasteiger partial charge in [-0.05, 0) is 26.0 Å². The highest BCUT2D eigenvalue weighted by atomic mass is 32.1. The minimum Gasteiger partial charge on any atom is -0.360 e. The Morgan fingerprint density at radius 3 is 2.80 bits per heavy atom. The molecule has 25 heavy (non-hydrogen) atoms. The van der Waals surface area contributed by atoms with Crippen LogP contribution in [-0.4, -0.2) is 29.7 Å². The van der Waals surface area contributed by atoms with E-state index in [0.717, 1.165) is 33.1 Å². The van der Waals surface area contributed by atoms with E-state index >= 15 is 0 Å². The fourth-order valence-corrected chi connectivity index (χ4v) is 3.40. The van der Waals surface area contributed by atoms with E-state index in [-0.39, 0.29) is 6.04 Å². The van der Waals surface area contributed by atoms with E-state index in [9.17, 15) is 0 Å². The van der Waals surface area contributed by atoms with Crippen molar-refractivity contribution in [3.05, 3.63) is 46.8 Å². The molecule has 0 saturated heterocycles. The largest absolute Gasteiger partial charge is 0.360 e. The van der Waals surface area contributed by atoms with Crippen molar-refractivity contribution >= 4 is 28.2 Å². The predicted octanol–water partition coefficient (Wildman–Crippen LogP) is 3.36. The van der Waals surface area contributed by atoms with Gasteiger partial charge in [-0.1, -0.05) is 0 Å². The third-order valence-electron chi connectivity index (χ3n) is 3.87. The van der Waals surface area contributed by atoms with Crippen LogP contribution >= 0.6 is 11.3 Å². The fraction of sp³-hybridized carbons (Fsp3) is 0.235. The highest BCUT2D eigenvalue weighted by Gasteiger charge is 2.16. The molecule has 0 unspecified atom stereocenters. The van der Waals surface area contributed by atoms with Crippen LogP contribution in [0.4, 0.5) is 5.82 Å². The highest BCUT2D eigenvalue weighted by molar-refractivity contribution is 7.09. The van der Waals surface area contributed by atoms with Crippen LogP contribution in [0.15, 0.2) is 36.1 Å².